The van der Waals surface area contributed by atoms with Gasteiger partial charge in [0, 0.05) is 30.6 Å². The number of halogens is 1. The van der Waals surface area contributed by atoms with E-state index in [2.05, 4.69) is 0 Å². The summed E-state index contributed by atoms with van der Waals surface area (Å²) in [6.45, 7) is 0.144. The summed E-state index contributed by atoms with van der Waals surface area (Å²) in [6.07, 6.45) is -0.00118. The number of hydrogen-bond acceptors (Lipinski definition) is 4. The van der Waals surface area contributed by atoms with Crippen LogP contribution in [0.15, 0.2) is 24.3 Å². The monoisotopic (exact) mass is 273 g/mol. The molecule has 98 valence electrons. The summed E-state index contributed by atoms with van der Waals surface area (Å²) in [7, 11) is -4.57. The summed E-state index contributed by atoms with van der Waals surface area (Å²) in [6, 6.07) is 6.08. The second-order valence-electron chi connectivity index (χ2n) is 4.30. The van der Waals surface area contributed by atoms with Crippen LogP contribution >= 0.6 is 0 Å². The molecule has 1 N–H and O–H groups in total. The second-order valence-corrected chi connectivity index (χ2v) is 5.71. The minimum absolute atomic E-state index is 0.00118. The molecule has 0 bridgehead atoms. The molecule has 1 aliphatic rings. The van der Waals surface area contributed by atoms with Crippen LogP contribution in [0.25, 0.3) is 0 Å². The highest BCUT2D eigenvalue weighted by molar-refractivity contribution is 7.86. The van der Waals surface area contributed by atoms with Crippen LogP contribution in [0.5, 0.6) is 5.75 Å². The summed E-state index contributed by atoms with van der Waals surface area (Å²) in [5, 5.41) is 9.32. The van der Waals surface area contributed by atoms with E-state index in [0.29, 0.717) is 5.69 Å². The first kappa shape index (κ1) is 12.8. The van der Waals surface area contributed by atoms with Crippen molar-refractivity contribution >= 4 is 21.8 Å². The van der Waals surface area contributed by atoms with Gasteiger partial charge in [-0.15, -0.1) is 3.89 Å². The number of carbonyl (C=O) groups is 1. The van der Waals surface area contributed by atoms with Crippen LogP contribution in [0.1, 0.15) is 6.42 Å². The van der Waals surface area contributed by atoms with Crippen LogP contribution in [0, 0.1) is 5.92 Å². The lowest BCUT2D eigenvalue weighted by Gasteiger charge is -2.16. The van der Waals surface area contributed by atoms with E-state index >= 15 is 0 Å². The second kappa shape index (κ2) is 4.56. The van der Waals surface area contributed by atoms with E-state index in [4.69, 9.17) is 0 Å². The molecule has 0 aliphatic carbocycles. The van der Waals surface area contributed by atoms with Crippen molar-refractivity contribution in [2.24, 2.45) is 5.92 Å². The molecule has 0 spiro atoms. The van der Waals surface area contributed by atoms with Gasteiger partial charge in [0.2, 0.25) is 5.91 Å². The van der Waals surface area contributed by atoms with E-state index in [0.717, 1.165) is 0 Å². The van der Waals surface area contributed by atoms with Crippen LogP contribution in [0.4, 0.5) is 9.57 Å². The fraction of sp³-hybridized carbons (Fsp3) is 0.364. The third kappa shape index (κ3) is 2.98. The molecule has 1 aromatic carbocycles. The number of nitrogens with zero attached hydrogens (tertiary/aromatic N) is 1. The van der Waals surface area contributed by atoms with Crippen molar-refractivity contribution in [3.63, 3.8) is 0 Å². The number of anilines is 1. The molecular formula is C11H12FNO4S. The van der Waals surface area contributed by atoms with E-state index in [1.807, 2.05) is 0 Å². The molecule has 0 radical (unpaired) electrons. The summed E-state index contributed by atoms with van der Waals surface area (Å²) in [5.74, 6) is -1.44. The van der Waals surface area contributed by atoms with Crippen LogP contribution in [-0.2, 0) is 15.0 Å². The topological polar surface area (TPSA) is 74.7 Å². The Morgan fingerprint density at radius 1 is 1.44 bits per heavy atom. The van der Waals surface area contributed by atoms with Crippen LogP contribution in [0.3, 0.4) is 0 Å². The maximum atomic E-state index is 12.6. The van der Waals surface area contributed by atoms with Crippen molar-refractivity contribution in [3.05, 3.63) is 24.3 Å². The normalized spacial score (nSPS) is 20.4. The average molecular weight is 273 g/mol. The number of phenolic OH excluding ortho intramolecular Hbond substituents is 1. The van der Waals surface area contributed by atoms with Gasteiger partial charge in [-0.2, -0.15) is 8.42 Å². The minimum atomic E-state index is -4.57. The number of carbonyl (C=O) groups excluding carboxylic acids is 1. The number of rotatable bonds is 3. The molecule has 1 aliphatic heterocycles. The van der Waals surface area contributed by atoms with Gasteiger partial charge < -0.3 is 10.0 Å². The molecule has 0 aromatic heterocycles. The van der Waals surface area contributed by atoms with Crippen LogP contribution < -0.4 is 4.90 Å². The number of benzene rings is 1. The molecule has 5 nitrogen and oxygen atoms in total. The standard InChI is InChI=1S/C11H12FNO4S/c12-18(16,17)7-8-4-11(15)13(6-8)9-2-1-3-10(14)5-9/h1-3,5,8,14H,4,6-7H2. The molecule has 1 unspecified atom stereocenters. The Hall–Kier alpha value is -1.63. The van der Waals surface area contributed by atoms with E-state index in [-0.39, 0.29) is 24.6 Å². The zero-order chi connectivity index (χ0) is 13.3. The Balaban J connectivity index is 2.15. The first-order valence-corrected chi connectivity index (χ1v) is 6.92. The Labute approximate surface area is 104 Å². The van der Waals surface area contributed by atoms with Crippen molar-refractivity contribution in [1.29, 1.82) is 0 Å². The van der Waals surface area contributed by atoms with Crippen molar-refractivity contribution in [2.45, 2.75) is 6.42 Å². The average Bonchev–Trinajstić information content (AvgIpc) is 2.56. The lowest BCUT2D eigenvalue weighted by atomic mass is 10.1. The molecule has 1 heterocycles. The van der Waals surface area contributed by atoms with Crippen molar-refractivity contribution in [3.8, 4) is 5.75 Å². The van der Waals surface area contributed by atoms with Gasteiger partial charge in [0.15, 0.2) is 0 Å². The summed E-state index contributed by atoms with van der Waals surface area (Å²) in [4.78, 5) is 13.1. The molecule has 18 heavy (non-hydrogen) atoms. The first-order chi connectivity index (χ1) is 8.35. The summed E-state index contributed by atoms with van der Waals surface area (Å²) < 4.78 is 33.7. The number of aromatic hydroxyl groups is 1. The van der Waals surface area contributed by atoms with Gasteiger partial charge in [0.25, 0.3) is 0 Å². The predicted octanol–water partition coefficient (Wildman–Crippen LogP) is 1.04. The maximum absolute atomic E-state index is 12.6. The Kier molecular flexibility index (Phi) is 3.25. The Morgan fingerprint density at radius 2 is 2.17 bits per heavy atom. The number of amides is 1. The molecule has 1 amide bonds. The Bertz CT molecular complexity index is 572. The molecule has 1 aromatic rings. The van der Waals surface area contributed by atoms with Gasteiger partial charge in [0.05, 0.1) is 5.75 Å². The molecule has 0 saturated carbocycles. The van der Waals surface area contributed by atoms with Gasteiger partial charge in [0.1, 0.15) is 5.75 Å². The van der Waals surface area contributed by atoms with Crippen LogP contribution in [0.2, 0.25) is 0 Å². The van der Waals surface area contributed by atoms with E-state index in [1.54, 1.807) is 12.1 Å². The maximum Gasteiger partial charge on any atom is 0.302 e. The highest BCUT2D eigenvalue weighted by Gasteiger charge is 2.33. The third-order valence-electron chi connectivity index (χ3n) is 2.78. The molecule has 2 rings (SSSR count). The van der Waals surface area contributed by atoms with Gasteiger partial charge in [-0.05, 0) is 12.1 Å². The van der Waals surface area contributed by atoms with E-state index in [1.165, 1.54) is 17.0 Å². The lowest BCUT2D eigenvalue weighted by Crippen LogP contribution is -2.25. The summed E-state index contributed by atoms with van der Waals surface area (Å²) in [5.41, 5.74) is 0.485. The predicted molar refractivity (Wildman–Crippen MR) is 63.5 cm³/mol. The van der Waals surface area contributed by atoms with Gasteiger partial charge >= 0.3 is 10.2 Å². The SMILES string of the molecule is O=C1CC(CS(=O)(=O)F)CN1c1cccc(O)c1. The molecule has 1 atom stereocenters. The zero-order valence-corrected chi connectivity index (χ0v) is 10.2. The van der Waals surface area contributed by atoms with Crippen molar-refractivity contribution < 1.29 is 22.2 Å². The van der Waals surface area contributed by atoms with Gasteiger partial charge in [-0.1, -0.05) is 6.07 Å². The van der Waals surface area contributed by atoms with Crippen LogP contribution in [-0.4, -0.2) is 31.7 Å². The van der Waals surface area contributed by atoms with Crippen molar-refractivity contribution in [1.82, 2.24) is 0 Å². The van der Waals surface area contributed by atoms with Gasteiger partial charge in [-0.3, -0.25) is 4.79 Å². The zero-order valence-electron chi connectivity index (χ0n) is 9.41. The van der Waals surface area contributed by atoms with E-state index in [9.17, 15) is 22.2 Å². The molecule has 7 heteroatoms. The summed E-state index contributed by atoms with van der Waals surface area (Å²) >= 11 is 0. The number of hydrogen-bond donors (Lipinski definition) is 1. The quantitative estimate of drug-likeness (QED) is 0.835. The number of phenols is 1. The molecule has 1 saturated heterocycles. The minimum Gasteiger partial charge on any atom is -0.508 e. The Morgan fingerprint density at radius 3 is 2.78 bits per heavy atom. The fourth-order valence-electron chi connectivity index (χ4n) is 2.09. The van der Waals surface area contributed by atoms with Gasteiger partial charge in [-0.25, -0.2) is 0 Å². The molecular weight excluding hydrogens is 261 g/mol. The third-order valence-corrected chi connectivity index (χ3v) is 3.65. The lowest BCUT2D eigenvalue weighted by molar-refractivity contribution is -0.117. The first-order valence-electron chi connectivity index (χ1n) is 5.37. The van der Waals surface area contributed by atoms with Crippen molar-refractivity contribution in [2.75, 3.05) is 17.2 Å². The smallest absolute Gasteiger partial charge is 0.302 e. The highest BCUT2D eigenvalue weighted by Crippen LogP contribution is 2.28. The largest absolute Gasteiger partial charge is 0.508 e. The highest BCUT2D eigenvalue weighted by atomic mass is 32.3. The molecule has 1 fully saturated rings. The fourth-order valence-corrected chi connectivity index (χ4v) is 2.87. The van der Waals surface area contributed by atoms with E-state index < -0.39 is 21.9 Å².